The molecule has 2 rings (SSSR count). The van der Waals surface area contributed by atoms with Gasteiger partial charge in [0.2, 0.25) is 0 Å². The topological polar surface area (TPSA) is 67.5 Å². The summed E-state index contributed by atoms with van der Waals surface area (Å²) in [5, 5.41) is 9.37. The zero-order valence-corrected chi connectivity index (χ0v) is 8.47. The van der Waals surface area contributed by atoms with E-state index in [1.165, 1.54) is 18.4 Å². The van der Waals surface area contributed by atoms with Crippen molar-refractivity contribution in [2.75, 3.05) is 0 Å². The molecular weight excluding hydrogens is 208 g/mol. The minimum absolute atomic E-state index is 0.0946. The van der Waals surface area contributed by atoms with Crippen molar-refractivity contribution in [1.29, 1.82) is 0 Å². The normalized spacial score (nSPS) is 16.4. The van der Waals surface area contributed by atoms with E-state index in [0.717, 1.165) is 0 Å². The van der Waals surface area contributed by atoms with Gasteiger partial charge in [0.1, 0.15) is 17.1 Å². The average Bonchev–Trinajstić information content (AvgIpc) is 2.86. The summed E-state index contributed by atoms with van der Waals surface area (Å²) in [7, 11) is 0. The third-order valence-corrected chi connectivity index (χ3v) is 2.34. The molecule has 1 heterocycles. The van der Waals surface area contributed by atoms with Crippen LogP contribution in [0.2, 0.25) is 0 Å². The molecule has 0 atom stereocenters. The van der Waals surface area contributed by atoms with Gasteiger partial charge in [-0.15, -0.1) is 0 Å². The van der Waals surface area contributed by atoms with Crippen LogP contribution in [-0.2, 0) is 9.59 Å². The van der Waals surface area contributed by atoms with E-state index in [1.807, 2.05) is 0 Å². The summed E-state index contributed by atoms with van der Waals surface area (Å²) in [4.78, 5) is 22.9. The smallest absolute Gasteiger partial charge is 0.192 e. The van der Waals surface area contributed by atoms with Crippen LogP contribution in [0.15, 0.2) is 40.2 Å². The van der Waals surface area contributed by atoms with Crippen LogP contribution in [0.25, 0.3) is 6.08 Å². The predicted molar refractivity (Wildman–Crippen MR) is 56.6 cm³/mol. The Morgan fingerprint density at radius 3 is 2.81 bits per heavy atom. The quantitative estimate of drug-likeness (QED) is 0.622. The number of carbonyl (C=O) groups excluding carboxylic acids is 2. The van der Waals surface area contributed by atoms with E-state index in [1.54, 1.807) is 12.1 Å². The molecular formula is C12H10O4. The second-order valence-electron chi connectivity index (χ2n) is 3.46. The Hall–Kier alpha value is -2.10. The van der Waals surface area contributed by atoms with E-state index < -0.39 is 5.78 Å². The highest BCUT2D eigenvalue weighted by Crippen LogP contribution is 2.21. The van der Waals surface area contributed by atoms with E-state index in [2.05, 4.69) is 0 Å². The van der Waals surface area contributed by atoms with Crippen molar-refractivity contribution in [3.63, 3.8) is 0 Å². The van der Waals surface area contributed by atoms with Crippen LogP contribution in [0.1, 0.15) is 18.6 Å². The molecule has 1 N–H and O–H groups in total. The summed E-state index contributed by atoms with van der Waals surface area (Å²) < 4.78 is 5.00. The van der Waals surface area contributed by atoms with Gasteiger partial charge >= 0.3 is 0 Å². The minimum atomic E-state index is -0.476. The number of aliphatic hydroxyl groups is 1. The third kappa shape index (κ3) is 1.95. The molecule has 0 saturated carbocycles. The van der Waals surface area contributed by atoms with Crippen molar-refractivity contribution in [3.8, 4) is 0 Å². The first-order valence-electron chi connectivity index (χ1n) is 4.89. The molecule has 0 amide bonds. The summed E-state index contributed by atoms with van der Waals surface area (Å²) in [6.07, 6.45) is 4.65. The van der Waals surface area contributed by atoms with Gasteiger partial charge in [-0.1, -0.05) is 0 Å². The van der Waals surface area contributed by atoms with Gasteiger partial charge in [0.05, 0.1) is 6.26 Å². The van der Waals surface area contributed by atoms with Crippen molar-refractivity contribution in [3.05, 3.63) is 41.6 Å². The van der Waals surface area contributed by atoms with Gasteiger partial charge in [-0.3, -0.25) is 9.59 Å². The van der Waals surface area contributed by atoms with Crippen molar-refractivity contribution in [2.24, 2.45) is 0 Å². The Kier molecular flexibility index (Phi) is 2.72. The van der Waals surface area contributed by atoms with Crippen LogP contribution in [0.4, 0.5) is 0 Å². The van der Waals surface area contributed by atoms with Gasteiger partial charge in [-0.2, -0.15) is 0 Å². The largest absolute Gasteiger partial charge is 0.511 e. The zero-order chi connectivity index (χ0) is 11.5. The number of hydrogen-bond donors (Lipinski definition) is 1. The first kappa shape index (κ1) is 10.4. The summed E-state index contributed by atoms with van der Waals surface area (Å²) in [6, 6.07) is 3.39. The van der Waals surface area contributed by atoms with Crippen LogP contribution in [0.3, 0.4) is 0 Å². The molecule has 4 nitrogen and oxygen atoms in total. The number of aliphatic hydroxyl groups excluding tert-OH is 1. The molecule has 0 spiro atoms. The number of furan rings is 1. The van der Waals surface area contributed by atoms with Crippen molar-refractivity contribution in [1.82, 2.24) is 0 Å². The molecule has 0 fully saturated rings. The second kappa shape index (κ2) is 4.18. The maximum Gasteiger partial charge on any atom is 0.192 e. The van der Waals surface area contributed by atoms with Gasteiger partial charge in [0, 0.05) is 12.8 Å². The Morgan fingerprint density at radius 1 is 1.44 bits per heavy atom. The summed E-state index contributed by atoms with van der Waals surface area (Å²) >= 11 is 0. The maximum absolute atomic E-state index is 11.6. The fraction of sp³-hybridized carbons (Fsp3) is 0.167. The lowest BCUT2D eigenvalue weighted by molar-refractivity contribution is -0.118. The number of allylic oxidation sites excluding steroid dienone is 3. The van der Waals surface area contributed by atoms with E-state index in [4.69, 9.17) is 4.42 Å². The summed E-state index contributed by atoms with van der Waals surface area (Å²) in [5.74, 6) is -0.360. The molecule has 1 aromatic heterocycles. The summed E-state index contributed by atoms with van der Waals surface area (Å²) in [6.45, 7) is 0. The van der Waals surface area contributed by atoms with Crippen LogP contribution in [-0.4, -0.2) is 16.7 Å². The molecule has 0 aliphatic heterocycles. The highest BCUT2D eigenvalue weighted by molar-refractivity contribution is 6.26. The van der Waals surface area contributed by atoms with E-state index in [-0.39, 0.29) is 30.0 Å². The molecule has 1 aliphatic carbocycles. The molecule has 0 saturated heterocycles. The molecule has 1 aliphatic rings. The fourth-order valence-corrected chi connectivity index (χ4v) is 1.55. The number of carbonyl (C=O) groups is 2. The van der Waals surface area contributed by atoms with Crippen LogP contribution >= 0.6 is 0 Å². The Balaban J connectivity index is 2.15. The van der Waals surface area contributed by atoms with E-state index in [0.29, 0.717) is 5.76 Å². The van der Waals surface area contributed by atoms with Crippen molar-refractivity contribution >= 4 is 17.6 Å². The molecule has 16 heavy (non-hydrogen) atoms. The van der Waals surface area contributed by atoms with Gasteiger partial charge < -0.3 is 9.52 Å². The first-order valence-corrected chi connectivity index (χ1v) is 4.89. The van der Waals surface area contributed by atoms with E-state index in [9.17, 15) is 14.7 Å². The van der Waals surface area contributed by atoms with Crippen LogP contribution in [0, 0.1) is 0 Å². The molecule has 0 radical (unpaired) electrons. The molecule has 1 aromatic rings. The molecule has 0 bridgehead atoms. The molecule has 82 valence electrons. The van der Waals surface area contributed by atoms with Gasteiger partial charge in [0.15, 0.2) is 11.6 Å². The molecule has 0 aromatic carbocycles. The third-order valence-electron chi connectivity index (χ3n) is 2.34. The van der Waals surface area contributed by atoms with Crippen molar-refractivity contribution in [2.45, 2.75) is 12.8 Å². The average molecular weight is 218 g/mol. The molecule has 0 unspecified atom stereocenters. The van der Waals surface area contributed by atoms with Crippen LogP contribution in [0.5, 0.6) is 0 Å². The van der Waals surface area contributed by atoms with Crippen LogP contribution < -0.4 is 0 Å². The lowest BCUT2D eigenvalue weighted by Crippen LogP contribution is -2.07. The number of rotatable bonds is 3. The standard InChI is InChI=1S/C12H10O4/c13-9(4-3-8-2-1-7-16-8)12-10(14)5-6-11(12)15/h1-4,7,14H,5-6H2/b4-3+. The van der Waals surface area contributed by atoms with Crippen molar-refractivity contribution < 1.29 is 19.1 Å². The Labute approximate surface area is 91.9 Å². The number of hydrogen-bond acceptors (Lipinski definition) is 4. The van der Waals surface area contributed by atoms with Gasteiger partial charge in [-0.05, 0) is 24.3 Å². The van der Waals surface area contributed by atoms with Gasteiger partial charge in [0.25, 0.3) is 0 Å². The maximum atomic E-state index is 11.6. The summed E-state index contributed by atoms with van der Waals surface area (Å²) in [5.41, 5.74) is -0.0946. The SMILES string of the molecule is O=C(/C=C/c1ccco1)C1=C(O)CCC1=O. The lowest BCUT2D eigenvalue weighted by atomic mass is 10.1. The number of Topliss-reactive ketones (excluding diaryl/α,β-unsaturated/α-hetero) is 1. The highest BCUT2D eigenvalue weighted by Gasteiger charge is 2.26. The highest BCUT2D eigenvalue weighted by atomic mass is 16.3. The second-order valence-corrected chi connectivity index (χ2v) is 3.46. The Bertz CT molecular complexity index is 477. The minimum Gasteiger partial charge on any atom is -0.511 e. The molecule has 4 heteroatoms. The Morgan fingerprint density at radius 2 is 2.25 bits per heavy atom. The predicted octanol–water partition coefficient (Wildman–Crippen LogP) is 2.04. The zero-order valence-electron chi connectivity index (χ0n) is 8.47. The lowest BCUT2D eigenvalue weighted by Gasteiger charge is -1.94. The first-order chi connectivity index (χ1) is 7.68. The fourth-order valence-electron chi connectivity index (χ4n) is 1.55. The monoisotopic (exact) mass is 218 g/mol. The van der Waals surface area contributed by atoms with E-state index >= 15 is 0 Å². The number of ketones is 2. The van der Waals surface area contributed by atoms with Gasteiger partial charge in [-0.25, -0.2) is 0 Å².